The van der Waals surface area contributed by atoms with Gasteiger partial charge >= 0.3 is 5.97 Å². The number of fused-ring (bicyclic) bond motifs is 5. The molecule has 6 N–H and O–H groups in total. The number of nitrogens with zero attached hydrogens (tertiary/aromatic N) is 4. The van der Waals surface area contributed by atoms with Gasteiger partial charge in [0.15, 0.2) is 23.3 Å². The molecule has 6 aromatic rings. The number of phenolic OH excluding ortho intramolecular Hbond substituents is 1. The molecule has 15 nitrogen and oxygen atoms in total. The molecule has 0 saturated heterocycles. The number of phenols is 1. The molecule has 1 aliphatic rings. The second-order valence-electron chi connectivity index (χ2n) is 10.6. The molecular formula is C30H29N8O7+. The summed E-state index contributed by atoms with van der Waals surface area (Å²) in [4.78, 5) is 46.2. The predicted molar refractivity (Wildman–Crippen MR) is 162 cm³/mol. The summed E-state index contributed by atoms with van der Waals surface area (Å²) in [5.41, 5.74) is 9.86. The lowest BCUT2D eigenvalue weighted by molar-refractivity contribution is -0.678. The van der Waals surface area contributed by atoms with Gasteiger partial charge in [0.05, 0.1) is 51.7 Å². The van der Waals surface area contributed by atoms with Crippen LogP contribution in [0.25, 0.3) is 33.0 Å². The number of amides is 1. The summed E-state index contributed by atoms with van der Waals surface area (Å²) in [6.45, 7) is 0.604. The van der Waals surface area contributed by atoms with Crippen molar-refractivity contribution < 1.29 is 38.2 Å². The van der Waals surface area contributed by atoms with Gasteiger partial charge in [-0.2, -0.15) is 0 Å². The van der Waals surface area contributed by atoms with E-state index in [0.717, 1.165) is 5.56 Å². The van der Waals surface area contributed by atoms with Crippen LogP contribution >= 0.6 is 0 Å². The van der Waals surface area contributed by atoms with E-state index in [1.165, 1.54) is 40.8 Å². The Morgan fingerprint density at radius 3 is 2.51 bits per heavy atom. The summed E-state index contributed by atoms with van der Waals surface area (Å²) >= 11 is 0. The standard InChI is InChI=1S/C30H28N8O7/c1-42-20-6-13-5-16(35-22(13)26(44-3)25(20)43-2)29(40)38-10-14(9-37-12-34-27(31)24-28(37)33-11-32-24)21-15-7-17(30(41)45-4)36-23(15)19(39)8-18(21)38/h5-8,11-12,14H,9-10H2,1-4H3,(H5,31,32,33,35,36,39,40,41)/p+1/t14-/m1/s1. The smallest absolute Gasteiger partial charge is 0.354 e. The van der Waals surface area contributed by atoms with Crippen LogP contribution in [0.15, 0.2) is 36.9 Å². The largest absolute Gasteiger partial charge is 0.506 e. The van der Waals surface area contributed by atoms with Crippen LogP contribution in [-0.4, -0.2) is 76.9 Å². The molecule has 45 heavy (non-hydrogen) atoms. The van der Waals surface area contributed by atoms with E-state index in [1.54, 1.807) is 29.4 Å². The third kappa shape index (κ3) is 4.15. The molecule has 15 heteroatoms. The van der Waals surface area contributed by atoms with E-state index in [4.69, 9.17) is 24.7 Å². The molecule has 0 bridgehead atoms. The van der Waals surface area contributed by atoms with Crippen molar-refractivity contribution >= 4 is 56.4 Å². The van der Waals surface area contributed by atoms with Crippen LogP contribution in [-0.2, 0) is 11.3 Å². The topological polar surface area (TPSA) is 198 Å². The number of rotatable bonds is 7. The third-order valence-electron chi connectivity index (χ3n) is 8.22. The number of hydrogen-bond acceptors (Lipinski definition) is 10. The van der Waals surface area contributed by atoms with Gasteiger partial charge < -0.3 is 49.6 Å². The summed E-state index contributed by atoms with van der Waals surface area (Å²) in [6.07, 6.45) is 3.14. The van der Waals surface area contributed by atoms with Crippen LogP contribution in [0.4, 0.5) is 11.5 Å². The lowest BCUT2D eigenvalue weighted by Gasteiger charge is -2.17. The molecule has 0 unspecified atom stereocenters. The first-order valence-electron chi connectivity index (χ1n) is 13.8. The van der Waals surface area contributed by atoms with E-state index in [0.29, 0.717) is 68.3 Å². The Morgan fingerprint density at radius 2 is 1.78 bits per heavy atom. The van der Waals surface area contributed by atoms with Gasteiger partial charge in [-0.25, -0.2) is 9.36 Å². The molecular weight excluding hydrogens is 584 g/mol. The molecule has 0 radical (unpaired) electrons. The van der Waals surface area contributed by atoms with Crippen molar-refractivity contribution in [1.29, 1.82) is 0 Å². The fourth-order valence-electron chi connectivity index (χ4n) is 6.23. The molecule has 0 aliphatic carbocycles. The normalized spacial score (nSPS) is 14.3. The lowest BCUT2D eigenvalue weighted by atomic mass is 9.97. The number of nitrogen functional groups attached to an aromatic ring is 1. The van der Waals surface area contributed by atoms with E-state index < -0.39 is 5.97 Å². The maximum absolute atomic E-state index is 14.3. The Bertz CT molecular complexity index is 2160. The number of H-pyrrole nitrogens is 3. The lowest BCUT2D eigenvalue weighted by Crippen LogP contribution is -2.40. The minimum Gasteiger partial charge on any atom is -0.506 e. The SMILES string of the molecule is COC(=O)c1cc2c3c(cc(O)c2[nH]1)N(C(=O)c1cc2cc(OC)c(OC)c(OC)c2[nH]1)C[C@H]3C[n+]1cnc(N)c2[nH]cnc21. The minimum atomic E-state index is -0.588. The number of nitrogens with one attached hydrogen (secondary N) is 3. The fraction of sp³-hybridized carbons (Fsp3) is 0.233. The van der Waals surface area contributed by atoms with Crippen molar-refractivity contribution in [3.05, 3.63) is 53.9 Å². The van der Waals surface area contributed by atoms with Crippen LogP contribution in [0.2, 0.25) is 0 Å². The van der Waals surface area contributed by atoms with Crippen LogP contribution < -0.4 is 29.4 Å². The average molecular weight is 614 g/mol. The van der Waals surface area contributed by atoms with Gasteiger partial charge in [-0.3, -0.25) is 4.79 Å². The number of methoxy groups -OCH3 is 4. The van der Waals surface area contributed by atoms with Crippen molar-refractivity contribution in [1.82, 2.24) is 24.9 Å². The van der Waals surface area contributed by atoms with E-state index in [-0.39, 0.29) is 35.5 Å². The molecule has 1 aliphatic heterocycles. The van der Waals surface area contributed by atoms with Crippen molar-refractivity contribution in [3.8, 4) is 23.0 Å². The number of aromatic hydroxyl groups is 1. The number of nitrogens with two attached hydrogens (primary N) is 1. The first kappa shape index (κ1) is 27.8. The third-order valence-corrected chi connectivity index (χ3v) is 8.22. The first-order chi connectivity index (χ1) is 21.8. The molecule has 0 spiro atoms. The number of ether oxygens (including phenoxy) is 4. The van der Waals surface area contributed by atoms with Crippen molar-refractivity contribution in [2.45, 2.75) is 12.5 Å². The van der Waals surface area contributed by atoms with Gasteiger partial charge in [-0.1, -0.05) is 9.97 Å². The van der Waals surface area contributed by atoms with Gasteiger partial charge in [-0.05, 0) is 23.8 Å². The van der Waals surface area contributed by atoms with Crippen LogP contribution in [0, 0.1) is 0 Å². The summed E-state index contributed by atoms with van der Waals surface area (Å²) in [6, 6.07) is 6.63. The molecule has 230 valence electrons. The molecule has 4 aromatic heterocycles. The number of anilines is 2. The number of carbonyl (C=O) groups is 2. The van der Waals surface area contributed by atoms with Crippen LogP contribution in [0.5, 0.6) is 23.0 Å². The number of benzene rings is 2. The molecule has 1 atom stereocenters. The van der Waals surface area contributed by atoms with Crippen molar-refractivity contribution in [2.24, 2.45) is 0 Å². The Balaban J connectivity index is 1.37. The minimum absolute atomic E-state index is 0.123. The summed E-state index contributed by atoms with van der Waals surface area (Å²) in [5.74, 6) is 0.182. The van der Waals surface area contributed by atoms with Gasteiger partial charge in [0.2, 0.25) is 17.9 Å². The van der Waals surface area contributed by atoms with Gasteiger partial charge in [0.25, 0.3) is 11.6 Å². The average Bonchev–Trinajstić information content (AvgIpc) is 3.85. The molecule has 0 saturated carbocycles. The Hall–Kier alpha value is -5.99. The highest BCUT2D eigenvalue weighted by Crippen LogP contribution is 2.47. The quantitative estimate of drug-likeness (QED) is 0.132. The second kappa shape index (κ2) is 10.3. The fourth-order valence-corrected chi connectivity index (χ4v) is 6.23. The highest BCUT2D eigenvalue weighted by Gasteiger charge is 2.38. The van der Waals surface area contributed by atoms with E-state index in [2.05, 4.69) is 24.9 Å². The zero-order valence-corrected chi connectivity index (χ0v) is 24.7. The molecule has 7 rings (SSSR count). The number of hydrogen-bond donors (Lipinski definition) is 5. The van der Waals surface area contributed by atoms with E-state index in [1.807, 2.05) is 4.57 Å². The summed E-state index contributed by atoms with van der Waals surface area (Å²) in [5, 5.41) is 12.3. The highest BCUT2D eigenvalue weighted by atomic mass is 16.5. The second-order valence-corrected chi connectivity index (χ2v) is 10.6. The number of aromatic nitrogens is 6. The van der Waals surface area contributed by atoms with Crippen LogP contribution in [0.3, 0.4) is 0 Å². The van der Waals surface area contributed by atoms with Crippen molar-refractivity contribution in [3.63, 3.8) is 0 Å². The van der Waals surface area contributed by atoms with Gasteiger partial charge in [0.1, 0.15) is 17.1 Å². The maximum atomic E-state index is 14.3. The number of carbonyl (C=O) groups excluding carboxylic acids is 2. The number of esters is 1. The molecule has 2 aromatic carbocycles. The number of imidazole rings is 1. The predicted octanol–water partition coefficient (Wildman–Crippen LogP) is 2.75. The Labute approximate surface area is 254 Å². The zero-order valence-electron chi connectivity index (χ0n) is 24.7. The zero-order chi connectivity index (χ0) is 31.6. The summed E-state index contributed by atoms with van der Waals surface area (Å²) in [7, 11) is 5.82. The first-order valence-corrected chi connectivity index (χ1v) is 13.8. The molecule has 5 heterocycles. The Morgan fingerprint density at radius 1 is 1.00 bits per heavy atom. The van der Waals surface area contributed by atoms with Gasteiger partial charge in [-0.15, -0.1) is 0 Å². The number of aromatic amines is 3. The molecule has 1 amide bonds. The van der Waals surface area contributed by atoms with E-state index in [9.17, 15) is 14.7 Å². The van der Waals surface area contributed by atoms with Gasteiger partial charge in [0, 0.05) is 29.3 Å². The molecule has 0 fully saturated rings. The van der Waals surface area contributed by atoms with Crippen LogP contribution in [0.1, 0.15) is 32.5 Å². The van der Waals surface area contributed by atoms with E-state index >= 15 is 0 Å². The Kier molecular flexibility index (Phi) is 6.38. The highest BCUT2D eigenvalue weighted by molar-refractivity contribution is 6.12. The van der Waals surface area contributed by atoms with Crippen molar-refractivity contribution in [2.75, 3.05) is 45.6 Å². The monoisotopic (exact) mass is 613 g/mol. The summed E-state index contributed by atoms with van der Waals surface area (Å²) < 4.78 is 23.4. The maximum Gasteiger partial charge on any atom is 0.354 e.